The number of anilines is 3. The summed E-state index contributed by atoms with van der Waals surface area (Å²) in [5, 5.41) is 34.3. The number of rotatable bonds is 6. The van der Waals surface area contributed by atoms with E-state index in [1.807, 2.05) is 44.2 Å². The normalized spacial score (nSPS) is 11.4. The summed E-state index contributed by atoms with van der Waals surface area (Å²) in [6.45, 7) is 7.31. The maximum absolute atomic E-state index is 10.4. The van der Waals surface area contributed by atoms with Gasteiger partial charge in [-0.05, 0) is 87.0 Å². The number of para-hydroxylation sites is 1. The van der Waals surface area contributed by atoms with Crippen molar-refractivity contribution in [2.75, 3.05) is 4.90 Å². The van der Waals surface area contributed by atoms with E-state index in [2.05, 4.69) is 71.6 Å². The first-order chi connectivity index (χ1) is 16.5. The summed E-state index contributed by atoms with van der Waals surface area (Å²) in [7, 11) is -2.17. The van der Waals surface area contributed by atoms with Crippen molar-refractivity contribution in [3.05, 3.63) is 97.1 Å². The van der Waals surface area contributed by atoms with E-state index < -0.39 is 18.5 Å². The van der Waals surface area contributed by atoms with Gasteiger partial charge in [0.1, 0.15) is 11.4 Å². The number of fused-ring (bicyclic) bond motifs is 1. The van der Waals surface area contributed by atoms with Crippen LogP contribution in [0.1, 0.15) is 27.7 Å². The van der Waals surface area contributed by atoms with E-state index in [4.69, 9.17) is 19.8 Å². The molecule has 6 nitrogen and oxygen atoms in total. The summed E-state index contributed by atoms with van der Waals surface area (Å²) in [4.78, 5) is 2.23. The van der Waals surface area contributed by atoms with Crippen LogP contribution in [0.25, 0.3) is 10.8 Å². The molecule has 4 rings (SSSR count). The van der Waals surface area contributed by atoms with Gasteiger partial charge in [0.25, 0.3) is 0 Å². The molecule has 0 bridgehead atoms. The second-order valence-corrected chi connectivity index (χ2v) is 9.21. The lowest BCUT2D eigenvalue weighted by Crippen LogP contribution is -2.49. The van der Waals surface area contributed by atoms with E-state index in [0.29, 0.717) is 0 Å². The Kier molecular flexibility index (Phi) is 8.20. The van der Waals surface area contributed by atoms with Crippen molar-refractivity contribution in [3.8, 4) is 5.75 Å². The Morgan fingerprint density at radius 1 is 0.629 bits per heavy atom. The number of hydrogen-bond acceptors (Lipinski definition) is 6. The monoisotopic (exact) mass is 473 g/mol. The van der Waals surface area contributed by atoms with Gasteiger partial charge < -0.3 is 29.8 Å². The van der Waals surface area contributed by atoms with Crippen molar-refractivity contribution >= 4 is 35.2 Å². The number of ether oxygens (including phenoxy) is 1. The lowest BCUT2D eigenvalue weighted by Gasteiger charge is -2.37. The van der Waals surface area contributed by atoms with Gasteiger partial charge in [0.05, 0.1) is 5.60 Å². The first-order valence-electron chi connectivity index (χ1n) is 11.4. The summed E-state index contributed by atoms with van der Waals surface area (Å²) in [6, 6.07) is 33.3. The maximum atomic E-state index is 10.4. The smallest absolute Gasteiger partial charge is 0.485 e. The number of hydrogen-bond donors (Lipinski definition) is 4. The zero-order chi connectivity index (χ0) is 25.6. The Labute approximate surface area is 206 Å². The van der Waals surface area contributed by atoms with Gasteiger partial charge in [-0.2, -0.15) is 0 Å². The number of aliphatic hydroxyl groups is 1. The summed E-state index contributed by atoms with van der Waals surface area (Å²) >= 11 is 0. The highest BCUT2D eigenvalue weighted by Crippen LogP contribution is 2.37. The molecule has 0 aliphatic rings. The van der Waals surface area contributed by atoms with Crippen molar-refractivity contribution in [2.24, 2.45) is 0 Å². The molecule has 0 saturated carbocycles. The van der Waals surface area contributed by atoms with Crippen LogP contribution in [-0.4, -0.2) is 38.7 Å². The summed E-state index contributed by atoms with van der Waals surface area (Å²) in [5.41, 5.74) is 1.53. The topological polar surface area (TPSA) is 93.4 Å². The third-order valence-corrected chi connectivity index (χ3v) is 5.95. The van der Waals surface area contributed by atoms with Crippen molar-refractivity contribution < 1.29 is 24.9 Å². The molecule has 4 aromatic carbocycles. The van der Waals surface area contributed by atoms with Gasteiger partial charge in [0.2, 0.25) is 0 Å². The molecule has 0 spiro atoms. The highest BCUT2D eigenvalue weighted by Gasteiger charge is 2.37. The summed E-state index contributed by atoms with van der Waals surface area (Å²) in [5.74, 6) is 0.724. The van der Waals surface area contributed by atoms with Crippen LogP contribution >= 0.6 is 0 Å². The quantitative estimate of drug-likeness (QED) is 0.288. The minimum absolute atomic E-state index is 0.716. The van der Waals surface area contributed by atoms with Gasteiger partial charge in [-0.1, -0.05) is 48.5 Å². The van der Waals surface area contributed by atoms with Crippen molar-refractivity contribution in [1.82, 2.24) is 0 Å². The zero-order valence-electron chi connectivity index (χ0n) is 20.5. The molecule has 7 heteroatoms. The van der Waals surface area contributed by atoms with Crippen LogP contribution in [0.3, 0.4) is 0 Å². The Bertz CT molecular complexity index is 1220. The zero-order valence-corrected chi connectivity index (χ0v) is 20.5. The molecule has 0 fully saturated rings. The largest absolute Gasteiger partial charge is 0.631 e. The van der Waals surface area contributed by atoms with Gasteiger partial charge in [-0.25, -0.2) is 0 Å². The third kappa shape index (κ3) is 6.84. The Morgan fingerprint density at radius 3 is 1.69 bits per heavy atom. The van der Waals surface area contributed by atoms with E-state index in [1.165, 1.54) is 10.8 Å². The first-order valence-corrected chi connectivity index (χ1v) is 11.4. The van der Waals surface area contributed by atoms with Crippen LogP contribution in [0.15, 0.2) is 97.1 Å². The molecule has 4 aromatic rings. The van der Waals surface area contributed by atoms with Crippen molar-refractivity contribution in [3.63, 3.8) is 0 Å². The second-order valence-electron chi connectivity index (χ2n) is 9.21. The third-order valence-electron chi connectivity index (χ3n) is 5.95. The Morgan fingerprint density at radius 2 is 1.11 bits per heavy atom. The van der Waals surface area contributed by atoms with Gasteiger partial charge in [-0.3, -0.25) is 0 Å². The highest BCUT2D eigenvalue weighted by atomic mass is 16.5. The molecule has 0 amide bonds. The molecular formula is C28H32BNO5. The van der Waals surface area contributed by atoms with Crippen molar-refractivity contribution in [1.29, 1.82) is 0 Å². The molecule has 0 unspecified atom stereocenters. The first kappa shape index (κ1) is 26.3. The molecule has 0 heterocycles. The van der Waals surface area contributed by atoms with E-state index in [-0.39, 0.29) is 0 Å². The average Bonchev–Trinajstić information content (AvgIpc) is 2.80. The maximum Gasteiger partial charge on any atom is 0.631 e. The lowest BCUT2D eigenvalue weighted by molar-refractivity contribution is -0.0906. The van der Waals surface area contributed by atoms with Gasteiger partial charge >= 0.3 is 7.32 Å². The molecule has 182 valence electrons. The Hall–Kier alpha value is -3.36. The molecule has 0 aliphatic heterocycles. The van der Waals surface area contributed by atoms with E-state index >= 15 is 0 Å². The molecular weight excluding hydrogens is 441 g/mol. The summed E-state index contributed by atoms with van der Waals surface area (Å²) in [6.07, 6.45) is 0. The van der Waals surface area contributed by atoms with Crippen LogP contribution in [0.4, 0.5) is 17.1 Å². The van der Waals surface area contributed by atoms with Crippen LogP contribution in [-0.2, 0) is 0 Å². The molecule has 0 radical (unpaired) electrons. The average molecular weight is 473 g/mol. The number of nitrogens with zero attached hydrogens (tertiary/aromatic N) is 1. The molecule has 35 heavy (non-hydrogen) atoms. The minimum Gasteiger partial charge on any atom is -0.485 e. The molecule has 0 atom stereocenters. The standard InChI is InChI=1S/C28H29NO2.BH3O3/c1-27(2,30)28(3,4)31-26-18-16-24(17-19-26)29(23-12-6-5-7-13-23)25-15-14-21-10-8-9-11-22(21)20-25;2-1(3)4/h5-20,30H,1-4H3;2-4H. The predicted octanol–water partition coefficient (Wildman–Crippen LogP) is 5.19. The van der Waals surface area contributed by atoms with Crippen LogP contribution in [0.5, 0.6) is 5.75 Å². The SMILES string of the molecule is CC(C)(O)C(C)(C)Oc1ccc(N(c2ccccc2)c2ccc3ccccc3c2)cc1.OB(O)O. The fourth-order valence-electron chi connectivity index (χ4n) is 3.42. The molecule has 0 aliphatic carbocycles. The summed E-state index contributed by atoms with van der Waals surface area (Å²) < 4.78 is 6.10. The van der Waals surface area contributed by atoms with Crippen LogP contribution in [0.2, 0.25) is 0 Å². The Balaban J connectivity index is 0.000000795. The van der Waals surface area contributed by atoms with Gasteiger partial charge in [-0.15, -0.1) is 0 Å². The molecule has 0 aromatic heterocycles. The van der Waals surface area contributed by atoms with Crippen LogP contribution < -0.4 is 9.64 Å². The lowest BCUT2D eigenvalue weighted by atomic mass is 9.89. The molecule has 4 N–H and O–H groups in total. The van der Waals surface area contributed by atoms with E-state index in [9.17, 15) is 5.11 Å². The fraction of sp³-hybridized carbons (Fsp3) is 0.214. The molecule has 0 saturated heterocycles. The predicted molar refractivity (Wildman–Crippen MR) is 142 cm³/mol. The highest BCUT2D eigenvalue weighted by molar-refractivity contribution is 6.30. The number of benzene rings is 4. The van der Waals surface area contributed by atoms with Gasteiger partial charge in [0.15, 0.2) is 0 Å². The van der Waals surface area contributed by atoms with Crippen molar-refractivity contribution in [2.45, 2.75) is 38.9 Å². The van der Waals surface area contributed by atoms with E-state index in [0.717, 1.165) is 22.8 Å². The van der Waals surface area contributed by atoms with Gasteiger partial charge in [0, 0.05) is 17.1 Å². The van der Waals surface area contributed by atoms with E-state index in [1.54, 1.807) is 13.8 Å². The minimum atomic E-state index is -2.17. The van der Waals surface area contributed by atoms with Crippen LogP contribution in [0, 0.1) is 0 Å². The second kappa shape index (κ2) is 10.9. The fourth-order valence-corrected chi connectivity index (χ4v) is 3.42.